The van der Waals surface area contributed by atoms with Gasteiger partial charge >= 0.3 is 11.8 Å². The number of nitrogens with one attached hydrogen (secondary N) is 2. The standard InChI is InChI=1S/C19H15ClN4O3/c20-13-4-3-12(11-21)16(10-13)23-19(27)18(26)22-14-5-7-15(8-6-14)24-9-1-2-17(24)25/h3-8,10H,1-2,9H2,(H,22,26)(H,23,27). The van der Waals surface area contributed by atoms with Crippen molar-refractivity contribution in [1.29, 1.82) is 5.26 Å². The Labute approximate surface area is 160 Å². The number of nitriles is 1. The van der Waals surface area contributed by atoms with Crippen molar-refractivity contribution < 1.29 is 14.4 Å². The zero-order valence-electron chi connectivity index (χ0n) is 14.2. The molecule has 0 saturated carbocycles. The highest BCUT2D eigenvalue weighted by Crippen LogP contribution is 2.23. The molecule has 2 aromatic rings. The molecule has 0 radical (unpaired) electrons. The highest BCUT2D eigenvalue weighted by molar-refractivity contribution is 6.44. The van der Waals surface area contributed by atoms with Crippen molar-refractivity contribution in [2.45, 2.75) is 12.8 Å². The summed E-state index contributed by atoms with van der Waals surface area (Å²) in [7, 11) is 0. The van der Waals surface area contributed by atoms with Crippen molar-refractivity contribution in [2.75, 3.05) is 22.1 Å². The van der Waals surface area contributed by atoms with Gasteiger partial charge in [0.25, 0.3) is 0 Å². The van der Waals surface area contributed by atoms with E-state index in [-0.39, 0.29) is 17.2 Å². The molecular weight excluding hydrogens is 368 g/mol. The van der Waals surface area contributed by atoms with E-state index in [1.54, 1.807) is 29.2 Å². The summed E-state index contributed by atoms with van der Waals surface area (Å²) in [4.78, 5) is 37.6. The van der Waals surface area contributed by atoms with Crippen molar-refractivity contribution in [2.24, 2.45) is 0 Å². The normalized spacial score (nSPS) is 13.2. The second-order valence-corrected chi connectivity index (χ2v) is 6.34. The van der Waals surface area contributed by atoms with E-state index < -0.39 is 11.8 Å². The molecule has 0 unspecified atom stereocenters. The van der Waals surface area contributed by atoms with E-state index in [4.69, 9.17) is 16.9 Å². The second-order valence-electron chi connectivity index (χ2n) is 5.91. The first kappa shape index (κ1) is 18.4. The van der Waals surface area contributed by atoms with Gasteiger partial charge in [0.2, 0.25) is 5.91 Å². The summed E-state index contributed by atoms with van der Waals surface area (Å²) in [6, 6.07) is 12.9. The predicted octanol–water partition coefficient (Wildman–Crippen LogP) is 2.92. The Balaban J connectivity index is 1.65. The van der Waals surface area contributed by atoms with Crippen LogP contribution < -0.4 is 15.5 Å². The van der Waals surface area contributed by atoms with Gasteiger partial charge in [-0.1, -0.05) is 11.6 Å². The summed E-state index contributed by atoms with van der Waals surface area (Å²) in [5.41, 5.74) is 1.52. The Kier molecular flexibility index (Phi) is 5.38. The molecule has 7 nitrogen and oxygen atoms in total. The third-order valence-electron chi connectivity index (χ3n) is 4.07. The molecule has 1 aliphatic heterocycles. The quantitative estimate of drug-likeness (QED) is 0.796. The average molecular weight is 383 g/mol. The Morgan fingerprint density at radius 2 is 1.78 bits per heavy atom. The minimum Gasteiger partial charge on any atom is -0.318 e. The van der Waals surface area contributed by atoms with Crippen molar-refractivity contribution in [3.05, 3.63) is 53.1 Å². The van der Waals surface area contributed by atoms with Gasteiger partial charge in [-0.2, -0.15) is 5.26 Å². The number of amides is 3. The van der Waals surface area contributed by atoms with E-state index in [1.165, 1.54) is 18.2 Å². The molecule has 8 heteroatoms. The van der Waals surface area contributed by atoms with Crippen molar-refractivity contribution in [3.8, 4) is 6.07 Å². The summed E-state index contributed by atoms with van der Waals surface area (Å²) in [5, 5.41) is 14.2. The number of nitrogens with zero attached hydrogens (tertiary/aromatic N) is 2. The zero-order valence-corrected chi connectivity index (χ0v) is 14.9. The largest absolute Gasteiger partial charge is 0.318 e. The fourth-order valence-corrected chi connectivity index (χ4v) is 2.90. The highest BCUT2D eigenvalue weighted by Gasteiger charge is 2.22. The number of halogens is 1. The van der Waals surface area contributed by atoms with Gasteiger partial charge in [-0.3, -0.25) is 14.4 Å². The van der Waals surface area contributed by atoms with Crippen LogP contribution >= 0.6 is 11.6 Å². The lowest BCUT2D eigenvalue weighted by Crippen LogP contribution is -2.29. The van der Waals surface area contributed by atoms with Crippen molar-refractivity contribution >= 4 is 46.4 Å². The molecule has 0 spiro atoms. The van der Waals surface area contributed by atoms with E-state index >= 15 is 0 Å². The number of carbonyl (C=O) groups is 3. The first-order chi connectivity index (χ1) is 13.0. The van der Waals surface area contributed by atoms with Gasteiger partial charge in [0, 0.05) is 29.4 Å². The number of carbonyl (C=O) groups excluding carboxylic acids is 3. The number of hydrogen-bond donors (Lipinski definition) is 2. The third kappa shape index (κ3) is 4.25. The maximum atomic E-state index is 12.1. The predicted molar refractivity (Wildman–Crippen MR) is 101 cm³/mol. The monoisotopic (exact) mass is 382 g/mol. The van der Waals surface area contributed by atoms with Gasteiger partial charge in [-0.05, 0) is 48.9 Å². The van der Waals surface area contributed by atoms with Crippen LogP contribution in [-0.4, -0.2) is 24.3 Å². The van der Waals surface area contributed by atoms with Gasteiger partial charge in [-0.15, -0.1) is 0 Å². The van der Waals surface area contributed by atoms with Crippen LogP contribution in [0.4, 0.5) is 17.1 Å². The van der Waals surface area contributed by atoms with E-state index in [1.807, 2.05) is 6.07 Å². The van der Waals surface area contributed by atoms with Gasteiger partial charge < -0.3 is 15.5 Å². The second kappa shape index (κ2) is 7.89. The first-order valence-corrected chi connectivity index (χ1v) is 8.58. The lowest BCUT2D eigenvalue weighted by atomic mass is 10.2. The van der Waals surface area contributed by atoms with Gasteiger partial charge in [0.05, 0.1) is 11.3 Å². The van der Waals surface area contributed by atoms with Crippen LogP contribution in [0.2, 0.25) is 5.02 Å². The first-order valence-electron chi connectivity index (χ1n) is 8.20. The Morgan fingerprint density at radius 3 is 2.41 bits per heavy atom. The van der Waals surface area contributed by atoms with Gasteiger partial charge in [0.1, 0.15) is 6.07 Å². The van der Waals surface area contributed by atoms with Gasteiger partial charge in [-0.25, -0.2) is 0 Å². The Hall–Kier alpha value is -3.37. The van der Waals surface area contributed by atoms with Crippen LogP contribution in [-0.2, 0) is 14.4 Å². The third-order valence-corrected chi connectivity index (χ3v) is 4.30. The molecule has 0 aliphatic carbocycles. The van der Waals surface area contributed by atoms with E-state index in [2.05, 4.69) is 10.6 Å². The SMILES string of the molecule is N#Cc1ccc(Cl)cc1NC(=O)C(=O)Nc1ccc(N2CCCC2=O)cc1. The number of hydrogen-bond acceptors (Lipinski definition) is 4. The van der Waals surface area contributed by atoms with Crippen molar-refractivity contribution in [3.63, 3.8) is 0 Å². The fraction of sp³-hybridized carbons (Fsp3) is 0.158. The summed E-state index contributed by atoms with van der Waals surface area (Å²) < 4.78 is 0. The molecule has 0 bridgehead atoms. The lowest BCUT2D eigenvalue weighted by Gasteiger charge is -2.16. The van der Waals surface area contributed by atoms with Crippen molar-refractivity contribution in [1.82, 2.24) is 0 Å². The maximum Gasteiger partial charge on any atom is 0.314 e. The van der Waals surface area contributed by atoms with Crippen LogP contribution in [0.5, 0.6) is 0 Å². The summed E-state index contributed by atoms with van der Waals surface area (Å²) in [6.45, 7) is 0.674. The number of benzene rings is 2. The average Bonchev–Trinajstić information content (AvgIpc) is 3.08. The Bertz CT molecular complexity index is 950. The minimum atomic E-state index is -0.924. The summed E-state index contributed by atoms with van der Waals surface area (Å²) in [6.07, 6.45) is 1.36. The molecule has 1 fully saturated rings. The molecule has 136 valence electrons. The number of rotatable bonds is 3. The van der Waals surface area contributed by atoms with Crippen LogP contribution in [0.3, 0.4) is 0 Å². The molecular formula is C19H15ClN4O3. The van der Waals surface area contributed by atoms with Gasteiger partial charge in [0.15, 0.2) is 0 Å². The summed E-state index contributed by atoms with van der Waals surface area (Å²) in [5.74, 6) is -1.74. The summed E-state index contributed by atoms with van der Waals surface area (Å²) >= 11 is 5.86. The Morgan fingerprint density at radius 1 is 1.07 bits per heavy atom. The molecule has 3 amide bonds. The molecule has 1 aliphatic rings. The van der Waals surface area contributed by atoms with Crippen LogP contribution in [0.15, 0.2) is 42.5 Å². The van der Waals surface area contributed by atoms with Crippen LogP contribution in [0.1, 0.15) is 18.4 Å². The molecule has 1 heterocycles. The van der Waals surface area contributed by atoms with E-state index in [0.29, 0.717) is 23.7 Å². The topological polar surface area (TPSA) is 102 Å². The van der Waals surface area contributed by atoms with Crippen LogP contribution in [0.25, 0.3) is 0 Å². The molecule has 1 saturated heterocycles. The molecule has 0 aromatic heterocycles. The fourth-order valence-electron chi connectivity index (χ4n) is 2.73. The zero-order chi connectivity index (χ0) is 19.4. The van der Waals surface area contributed by atoms with Crippen LogP contribution in [0, 0.1) is 11.3 Å². The molecule has 27 heavy (non-hydrogen) atoms. The highest BCUT2D eigenvalue weighted by atomic mass is 35.5. The molecule has 0 atom stereocenters. The van der Waals surface area contributed by atoms with E-state index in [9.17, 15) is 14.4 Å². The smallest absolute Gasteiger partial charge is 0.314 e. The van der Waals surface area contributed by atoms with E-state index in [0.717, 1.165) is 12.1 Å². The minimum absolute atomic E-state index is 0.0704. The molecule has 2 aromatic carbocycles. The molecule has 2 N–H and O–H groups in total. The lowest BCUT2D eigenvalue weighted by molar-refractivity contribution is -0.133. The molecule has 3 rings (SSSR count). The number of anilines is 3. The maximum absolute atomic E-state index is 12.1.